The smallest absolute Gasteiger partial charge is 0.323 e. The molecule has 0 bridgehead atoms. The molecule has 1 fully saturated rings. The monoisotopic (exact) mass is 296 g/mol. The van der Waals surface area contributed by atoms with Crippen molar-refractivity contribution in [2.75, 3.05) is 31.6 Å². The van der Waals surface area contributed by atoms with Crippen molar-refractivity contribution >= 4 is 33.7 Å². The van der Waals surface area contributed by atoms with Crippen molar-refractivity contribution < 1.29 is 9.53 Å². The SMILES string of the molecule is O=C(Nc1ccc2ccc3ccnc3c2[nH]1)N1CCOCC1. The maximum Gasteiger partial charge on any atom is 0.323 e. The molecule has 0 radical (unpaired) electrons. The number of H-pyrrole nitrogens is 1. The summed E-state index contributed by atoms with van der Waals surface area (Å²) >= 11 is 0. The summed E-state index contributed by atoms with van der Waals surface area (Å²) in [6, 6.07) is 9.81. The van der Waals surface area contributed by atoms with Gasteiger partial charge in [-0.2, -0.15) is 0 Å². The molecule has 2 amide bonds. The molecule has 6 heteroatoms. The zero-order valence-corrected chi connectivity index (χ0v) is 12.0. The molecule has 2 aromatic heterocycles. The zero-order valence-electron chi connectivity index (χ0n) is 12.0. The number of morpholine rings is 1. The molecule has 3 aromatic rings. The highest BCUT2D eigenvalue weighted by molar-refractivity contribution is 6.04. The van der Waals surface area contributed by atoms with E-state index >= 15 is 0 Å². The predicted molar refractivity (Wildman–Crippen MR) is 85.0 cm³/mol. The van der Waals surface area contributed by atoms with Crippen molar-refractivity contribution in [2.24, 2.45) is 0 Å². The van der Waals surface area contributed by atoms with E-state index in [1.165, 1.54) is 0 Å². The van der Waals surface area contributed by atoms with E-state index in [2.05, 4.69) is 15.3 Å². The highest BCUT2D eigenvalue weighted by Gasteiger charge is 2.17. The molecule has 1 aliphatic rings. The Bertz CT molecular complexity index is 836. The van der Waals surface area contributed by atoms with Crippen molar-refractivity contribution in [3.8, 4) is 0 Å². The van der Waals surface area contributed by atoms with Crippen molar-refractivity contribution in [1.29, 1.82) is 0 Å². The second kappa shape index (κ2) is 5.31. The molecule has 0 aliphatic carbocycles. The molecule has 112 valence electrons. The fraction of sp³-hybridized carbons (Fsp3) is 0.250. The number of fused-ring (bicyclic) bond motifs is 3. The summed E-state index contributed by atoms with van der Waals surface area (Å²) in [6.07, 6.45) is 1.79. The lowest BCUT2D eigenvalue weighted by molar-refractivity contribution is 0.0564. The second-order valence-corrected chi connectivity index (χ2v) is 5.31. The Morgan fingerprint density at radius 1 is 1.14 bits per heavy atom. The van der Waals surface area contributed by atoms with Gasteiger partial charge in [-0.1, -0.05) is 12.1 Å². The predicted octanol–water partition coefficient (Wildman–Crippen LogP) is 2.58. The molecule has 6 nitrogen and oxygen atoms in total. The number of anilines is 1. The summed E-state index contributed by atoms with van der Waals surface area (Å²) in [5.41, 5.74) is 1.85. The van der Waals surface area contributed by atoms with Gasteiger partial charge in [0, 0.05) is 30.1 Å². The van der Waals surface area contributed by atoms with Gasteiger partial charge in [-0.05, 0) is 18.2 Å². The van der Waals surface area contributed by atoms with Gasteiger partial charge in [-0.15, -0.1) is 0 Å². The van der Waals surface area contributed by atoms with E-state index in [1.807, 2.05) is 30.3 Å². The quantitative estimate of drug-likeness (QED) is 0.725. The van der Waals surface area contributed by atoms with Crippen molar-refractivity contribution in [1.82, 2.24) is 14.9 Å². The standard InChI is InChI=1S/C16H16N4O2/c21-16(20-7-9-22-10-8-20)19-13-4-3-11-1-2-12-5-6-17-14(12)15(11)18-13/h1-6,18H,7-10H2,(H,19,21). The van der Waals surface area contributed by atoms with Gasteiger partial charge < -0.3 is 14.6 Å². The highest BCUT2D eigenvalue weighted by Crippen LogP contribution is 2.24. The third-order valence-corrected chi connectivity index (χ3v) is 3.93. The van der Waals surface area contributed by atoms with Crippen LogP contribution in [0.25, 0.3) is 21.8 Å². The average molecular weight is 296 g/mol. The van der Waals surface area contributed by atoms with Crippen LogP contribution < -0.4 is 5.32 Å². The number of rotatable bonds is 1. The topological polar surface area (TPSA) is 70.2 Å². The number of benzene rings is 1. The Balaban J connectivity index is 1.65. The van der Waals surface area contributed by atoms with Gasteiger partial charge in [0.25, 0.3) is 0 Å². The molecule has 0 atom stereocenters. The number of carbonyl (C=O) groups is 1. The van der Waals surface area contributed by atoms with E-state index in [1.54, 1.807) is 11.1 Å². The molecule has 3 heterocycles. The lowest BCUT2D eigenvalue weighted by Gasteiger charge is -2.26. The van der Waals surface area contributed by atoms with E-state index in [4.69, 9.17) is 4.74 Å². The van der Waals surface area contributed by atoms with Gasteiger partial charge in [0.1, 0.15) is 5.82 Å². The lowest BCUT2D eigenvalue weighted by atomic mass is 10.1. The molecule has 22 heavy (non-hydrogen) atoms. The van der Waals surface area contributed by atoms with Crippen LogP contribution in [0.2, 0.25) is 0 Å². The van der Waals surface area contributed by atoms with Crippen molar-refractivity contribution in [2.45, 2.75) is 0 Å². The summed E-state index contributed by atoms with van der Waals surface area (Å²) in [7, 11) is 0. The number of urea groups is 1. The second-order valence-electron chi connectivity index (χ2n) is 5.31. The Morgan fingerprint density at radius 3 is 2.77 bits per heavy atom. The minimum absolute atomic E-state index is 0.110. The first-order valence-electron chi connectivity index (χ1n) is 7.31. The maximum absolute atomic E-state index is 12.2. The number of ether oxygens (including phenoxy) is 1. The largest absolute Gasteiger partial charge is 0.378 e. The van der Waals surface area contributed by atoms with Crippen LogP contribution in [0.15, 0.2) is 36.5 Å². The number of pyridine rings is 1. The maximum atomic E-state index is 12.2. The summed E-state index contributed by atoms with van der Waals surface area (Å²) in [4.78, 5) is 21.7. The number of nitrogens with one attached hydrogen (secondary N) is 2. The first-order valence-corrected chi connectivity index (χ1v) is 7.31. The van der Waals surface area contributed by atoms with E-state index in [0.29, 0.717) is 32.1 Å². The average Bonchev–Trinajstić information content (AvgIpc) is 3.05. The molecule has 1 aromatic carbocycles. The van der Waals surface area contributed by atoms with Gasteiger partial charge in [0.05, 0.1) is 24.2 Å². The van der Waals surface area contributed by atoms with Crippen LogP contribution in [0.3, 0.4) is 0 Å². The van der Waals surface area contributed by atoms with Crippen molar-refractivity contribution in [3.05, 3.63) is 36.5 Å². The van der Waals surface area contributed by atoms with Gasteiger partial charge in [-0.3, -0.25) is 10.3 Å². The number of hydrogen-bond acceptors (Lipinski definition) is 3. The number of nitrogens with zero attached hydrogens (tertiary/aromatic N) is 2. The van der Waals surface area contributed by atoms with Crippen LogP contribution in [0.5, 0.6) is 0 Å². The summed E-state index contributed by atoms with van der Waals surface area (Å²) < 4.78 is 5.26. The number of aromatic nitrogens is 2. The van der Waals surface area contributed by atoms with Crippen LogP contribution in [-0.2, 0) is 4.74 Å². The molecule has 0 unspecified atom stereocenters. The summed E-state index contributed by atoms with van der Waals surface area (Å²) in [6.45, 7) is 2.42. The molecular weight excluding hydrogens is 280 g/mol. The van der Waals surface area contributed by atoms with Crippen LogP contribution >= 0.6 is 0 Å². The fourth-order valence-corrected chi connectivity index (χ4v) is 2.74. The Labute approximate surface area is 127 Å². The number of aromatic amines is 1. The van der Waals surface area contributed by atoms with Crippen LogP contribution in [0.1, 0.15) is 0 Å². The number of amides is 2. The molecule has 1 saturated heterocycles. The summed E-state index contributed by atoms with van der Waals surface area (Å²) in [5, 5.41) is 5.06. The van der Waals surface area contributed by atoms with Crippen LogP contribution in [0, 0.1) is 0 Å². The summed E-state index contributed by atoms with van der Waals surface area (Å²) in [5.74, 6) is 0.666. The zero-order chi connectivity index (χ0) is 14.9. The third-order valence-electron chi connectivity index (χ3n) is 3.93. The highest BCUT2D eigenvalue weighted by atomic mass is 16.5. The number of carbonyl (C=O) groups excluding carboxylic acids is 1. The van der Waals surface area contributed by atoms with Crippen LogP contribution in [-0.4, -0.2) is 47.2 Å². The molecule has 4 rings (SSSR count). The normalized spacial score (nSPS) is 15.4. The van der Waals surface area contributed by atoms with Gasteiger partial charge >= 0.3 is 6.03 Å². The minimum atomic E-state index is -0.110. The van der Waals surface area contributed by atoms with E-state index in [0.717, 1.165) is 21.8 Å². The first kappa shape index (κ1) is 13.1. The van der Waals surface area contributed by atoms with Crippen LogP contribution in [0.4, 0.5) is 10.6 Å². The minimum Gasteiger partial charge on any atom is -0.378 e. The Morgan fingerprint density at radius 2 is 1.91 bits per heavy atom. The van der Waals surface area contributed by atoms with Gasteiger partial charge in [-0.25, -0.2) is 4.79 Å². The first-order chi connectivity index (χ1) is 10.8. The van der Waals surface area contributed by atoms with Gasteiger partial charge in [0.15, 0.2) is 0 Å². The van der Waals surface area contributed by atoms with E-state index < -0.39 is 0 Å². The Kier molecular flexibility index (Phi) is 3.16. The van der Waals surface area contributed by atoms with Gasteiger partial charge in [0.2, 0.25) is 0 Å². The molecular formula is C16H16N4O2. The van der Waals surface area contributed by atoms with Crippen molar-refractivity contribution in [3.63, 3.8) is 0 Å². The molecule has 2 N–H and O–H groups in total. The van der Waals surface area contributed by atoms with E-state index in [-0.39, 0.29) is 6.03 Å². The number of hydrogen-bond donors (Lipinski definition) is 2. The fourth-order valence-electron chi connectivity index (χ4n) is 2.74. The lowest BCUT2D eigenvalue weighted by Crippen LogP contribution is -2.43. The van der Waals surface area contributed by atoms with E-state index in [9.17, 15) is 4.79 Å². The third kappa shape index (κ3) is 2.27. The molecule has 1 aliphatic heterocycles. The molecule has 0 spiro atoms. The molecule has 0 saturated carbocycles. The Hall–Kier alpha value is -2.60.